The maximum absolute atomic E-state index is 2.45. The molecular weight excluding hydrogens is 773 g/mol. The number of anilines is 2. The van der Waals surface area contributed by atoms with Crippen LogP contribution in [0.2, 0.25) is 0 Å². The van der Waals surface area contributed by atoms with Crippen molar-refractivity contribution in [3.8, 4) is 39.1 Å². The second kappa shape index (κ2) is 15.9. The number of hydrogen-bond acceptors (Lipinski definition) is 1. The molecular formula is C62H44N2. The van der Waals surface area contributed by atoms with Crippen molar-refractivity contribution in [3.05, 3.63) is 254 Å². The number of fused-ring (bicyclic) bond motifs is 5. The molecule has 0 N–H and O–H groups in total. The van der Waals surface area contributed by atoms with Gasteiger partial charge in [0.25, 0.3) is 0 Å². The molecule has 0 saturated carbocycles. The van der Waals surface area contributed by atoms with Gasteiger partial charge in [-0.05, 0) is 134 Å². The monoisotopic (exact) mass is 816 g/mol. The highest BCUT2D eigenvalue weighted by molar-refractivity contribution is 6.09. The molecule has 10 aromatic carbocycles. The number of nitrogens with zero attached hydrogens (tertiary/aromatic N) is 2. The summed E-state index contributed by atoms with van der Waals surface area (Å²) in [6, 6.07) is 84.2. The van der Waals surface area contributed by atoms with Gasteiger partial charge in [0, 0.05) is 33.5 Å². The van der Waals surface area contributed by atoms with Gasteiger partial charge in [0.05, 0.1) is 11.0 Å². The van der Waals surface area contributed by atoms with Crippen LogP contribution in [0.15, 0.2) is 248 Å². The van der Waals surface area contributed by atoms with Gasteiger partial charge in [-0.2, -0.15) is 0 Å². The molecule has 0 atom stereocenters. The van der Waals surface area contributed by atoms with Gasteiger partial charge in [-0.25, -0.2) is 0 Å². The fourth-order valence-corrected chi connectivity index (χ4v) is 9.97. The number of rotatable bonds is 8. The second-order valence-corrected chi connectivity index (χ2v) is 16.8. The van der Waals surface area contributed by atoms with Crippen LogP contribution in [0.25, 0.3) is 88.0 Å². The summed E-state index contributed by atoms with van der Waals surface area (Å²) >= 11 is 0. The van der Waals surface area contributed by atoms with Crippen molar-refractivity contribution < 1.29 is 0 Å². The van der Waals surface area contributed by atoms with E-state index in [1.807, 2.05) is 0 Å². The first-order valence-corrected chi connectivity index (χ1v) is 22.3. The molecule has 0 fully saturated rings. The van der Waals surface area contributed by atoms with Gasteiger partial charge in [-0.1, -0.05) is 188 Å². The molecule has 0 unspecified atom stereocenters. The Bertz CT molecular complexity index is 3520. The molecule has 12 rings (SSSR count). The Hall–Kier alpha value is -8.20. The Morgan fingerprint density at radius 3 is 1.36 bits per heavy atom. The molecule has 0 saturated heterocycles. The second-order valence-electron chi connectivity index (χ2n) is 16.8. The predicted octanol–water partition coefficient (Wildman–Crippen LogP) is 17.0. The zero-order valence-corrected chi connectivity index (χ0v) is 35.4. The van der Waals surface area contributed by atoms with Crippen molar-refractivity contribution in [2.75, 3.05) is 4.90 Å². The van der Waals surface area contributed by atoms with Crippen molar-refractivity contribution in [2.24, 2.45) is 0 Å². The highest BCUT2D eigenvalue weighted by Crippen LogP contribution is 2.40. The Labute approximate surface area is 373 Å². The van der Waals surface area contributed by atoms with E-state index in [0.29, 0.717) is 0 Å². The van der Waals surface area contributed by atoms with Crippen molar-refractivity contribution in [1.29, 1.82) is 0 Å². The Kier molecular flexibility index (Phi) is 9.34. The number of aromatic nitrogens is 1. The van der Waals surface area contributed by atoms with Crippen LogP contribution in [0.5, 0.6) is 0 Å². The lowest BCUT2D eigenvalue weighted by molar-refractivity contribution is 0.930. The van der Waals surface area contributed by atoms with E-state index >= 15 is 0 Å². The minimum atomic E-state index is 0.921. The zero-order valence-electron chi connectivity index (χ0n) is 35.4. The smallest absolute Gasteiger partial charge is 0.0541 e. The molecule has 0 aliphatic heterocycles. The van der Waals surface area contributed by atoms with Gasteiger partial charge < -0.3 is 9.47 Å². The van der Waals surface area contributed by atoms with Gasteiger partial charge in [0.1, 0.15) is 0 Å². The standard InChI is InChI=1S/C62H44N2/c1-3-18-55-46(12-1)14-10-22-57(55)48-28-26-43(27-29-48)44-30-36-51(37-31-44)63(53-40-34-49(35-41-53)58-23-11-15-47-13-2-4-19-56(47)58)52-38-32-45(33-39-52)50-16-9-17-54(42-50)64-61-24-7-5-20-59(61)60-21-6-8-25-62(60)64/h1-30,32-36,38-42H,31,37H2. The SMILES string of the molecule is C1=C(c2ccc(-c3cccc4ccccc34)cc2)CCC(N(c2ccc(-c3cccc(-n4c5ccccc5c5ccccc54)c3)cc2)c2ccc(-c3cccc4ccccc34)cc2)=C1. The average Bonchev–Trinajstić information content (AvgIpc) is 3.71. The molecule has 0 amide bonds. The highest BCUT2D eigenvalue weighted by Gasteiger charge is 2.20. The topological polar surface area (TPSA) is 8.17 Å². The van der Waals surface area contributed by atoms with Crippen LogP contribution < -0.4 is 4.90 Å². The summed E-state index contributed by atoms with van der Waals surface area (Å²) in [4.78, 5) is 2.45. The largest absolute Gasteiger partial charge is 0.314 e. The van der Waals surface area contributed by atoms with Crippen LogP contribution in [-0.4, -0.2) is 4.57 Å². The van der Waals surface area contributed by atoms with Gasteiger partial charge in [-0.15, -0.1) is 0 Å². The molecule has 2 heteroatoms. The molecule has 0 spiro atoms. The Morgan fingerprint density at radius 1 is 0.328 bits per heavy atom. The van der Waals surface area contributed by atoms with Gasteiger partial charge in [0.15, 0.2) is 0 Å². The summed E-state index contributed by atoms with van der Waals surface area (Å²) in [5.74, 6) is 0. The third-order valence-electron chi connectivity index (χ3n) is 13.1. The molecule has 1 heterocycles. The lowest BCUT2D eigenvalue weighted by Crippen LogP contribution is -2.17. The minimum absolute atomic E-state index is 0.921. The zero-order chi connectivity index (χ0) is 42.4. The summed E-state index contributed by atoms with van der Waals surface area (Å²) < 4.78 is 2.39. The third-order valence-corrected chi connectivity index (χ3v) is 13.1. The van der Waals surface area contributed by atoms with E-state index in [9.17, 15) is 0 Å². The Balaban J connectivity index is 0.892. The number of hydrogen-bond donors (Lipinski definition) is 0. The summed E-state index contributed by atoms with van der Waals surface area (Å²) in [7, 11) is 0. The molecule has 0 radical (unpaired) electrons. The van der Waals surface area contributed by atoms with E-state index in [2.05, 4.69) is 252 Å². The normalized spacial score (nSPS) is 12.8. The lowest BCUT2D eigenvalue weighted by atomic mass is 9.92. The molecule has 1 aliphatic rings. The van der Waals surface area contributed by atoms with E-state index in [1.54, 1.807) is 0 Å². The Morgan fingerprint density at radius 2 is 0.797 bits per heavy atom. The fourth-order valence-electron chi connectivity index (χ4n) is 9.97. The summed E-state index contributed by atoms with van der Waals surface area (Å²) in [6.07, 6.45) is 6.54. The van der Waals surface area contributed by atoms with E-state index in [0.717, 1.165) is 29.9 Å². The lowest BCUT2D eigenvalue weighted by Gasteiger charge is -2.30. The number of benzene rings is 10. The van der Waals surface area contributed by atoms with Gasteiger partial charge >= 0.3 is 0 Å². The van der Waals surface area contributed by atoms with Crippen molar-refractivity contribution in [2.45, 2.75) is 12.8 Å². The molecule has 64 heavy (non-hydrogen) atoms. The maximum atomic E-state index is 2.45. The molecule has 11 aromatic rings. The fraction of sp³-hybridized carbons (Fsp3) is 0.0323. The number of allylic oxidation sites excluding steroid dienone is 4. The molecule has 302 valence electrons. The first-order chi connectivity index (χ1) is 31.7. The summed E-state index contributed by atoms with van der Waals surface area (Å²) in [5, 5.41) is 7.62. The molecule has 0 bridgehead atoms. The number of para-hydroxylation sites is 2. The van der Waals surface area contributed by atoms with Crippen molar-refractivity contribution in [3.63, 3.8) is 0 Å². The first-order valence-electron chi connectivity index (χ1n) is 22.3. The third kappa shape index (κ3) is 6.68. The maximum Gasteiger partial charge on any atom is 0.0541 e. The molecule has 1 aromatic heterocycles. The quantitative estimate of drug-likeness (QED) is 0.148. The van der Waals surface area contributed by atoms with Crippen LogP contribution in [-0.2, 0) is 0 Å². The average molecular weight is 817 g/mol. The van der Waals surface area contributed by atoms with E-state index in [1.165, 1.54) is 93.6 Å². The van der Waals surface area contributed by atoms with Gasteiger partial charge in [0.2, 0.25) is 0 Å². The van der Waals surface area contributed by atoms with E-state index in [4.69, 9.17) is 0 Å². The minimum Gasteiger partial charge on any atom is -0.314 e. The van der Waals surface area contributed by atoms with E-state index in [-0.39, 0.29) is 0 Å². The summed E-state index contributed by atoms with van der Waals surface area (Å²) in [5.41, 5.74) is 17.1. The van der Waals surface area contributed by atoms with Crippen LogP contribution in [0.4, 0.5) is 11.4 Å². The van der Waals surface area contributed by atoms with Crippen LogP contribution in [0.1, 0.15) is 18.4 Å². The van der Waals surface area contributed by atoms with Gasteiger partial charge in [-0.3, -0.25) is 0 Å². The van der Waals surface area contributed by atoms with Crippen molar-refractivity contribution in [1.82, 2.24) is 4.57 Å². The highest BCUT2D eigenvalue weighted by atomic mass is 15.1. The molecule has 2 nitrogen and oxygen atoms in total. The molecule has 1 aliphatic carbocycles. The van der Waals surface area contributed by atoms with Crippen molar-refractivity contribution >= 4 is 60.3 Å². The summed E-state index contributed by atoms with van der Waals surface area (Å²) in [6.45, 7) is 0. The van der Waals surface area contributed by atoms with Crippen LogP contribution >= 0.6 is 0 Å². The van der Waals surface area contributed by atoms with Crippen LogP contribution in [0.3, 0.4) is 0 Å². The first kappa shape index (κ1) is 37.6. The van der Waals surface area contributed by atoms with Crippen LogP contribution in [0, 0.1) is 0 Å². The van der Waals surface area contributed by atoms with E-state index < -0.39 is 0 Å². The predicted molar refractivity (Wildman–Crippen MR) is 272 cm³/mol.